The van der Waals surface area contributed by atoms with Crippen molar-refractivity contribution in [3.8, 4) is 0 Å². The second kappa shape index (κ2) is 11.1. The first-order chi connectivity index (χ1) is 20.5. The number of carbonyl (C=O) groups is 1. The van der Waals surface area contributed by atoms with E-state index in [1.54, 1.807) is 6.92 Å². The highest BCUT2D eigenvalue weighted by Gasteiger charge is 2.71. The maximum absolute atomic E-state index is 12.0. The molecule has 1 unspecified atom stereocenters. The van der Waals surface area contributed by atoms with E-state index >= 15 is 0 Å². The minimum Gasteiger partial charge on any atom is -0.462 e. The number of allylic oxidation sites excluding steroid dienone is 1. The lowest BCUT2D eigenvalue weighted by Gasteiger charge is -2.73. The van der Waals surface area contributed by atoms with Crippen molar-refractivity contribution in [3.05, 3.63) is 12.2 Å². The predicted molar refractivity (Wildman–Crippen MR) is 171 cm³/mol. The monoisotopic (exact) mass is 614 g/mol. The number of ether oxygens (including phenoxy) is 3. The fraction of sp³-hybridized carbons (Fsp3) is 0.921. The van der Waals surface area contributed by atoms with Gasteiger partial charge in [0.05, 0.1) is 18.8 Å². The fourth-order valence-electron chi connectivity index (χ4n) is 13.4. The number of fused-ring (bicyclic) bond motifs is 7. The summed E-state index contributed by atoms with van der Waals surface area (Å²) in [5.41, 5.74) is 2.15. The molecule has 0 radical (unpaired) electrons. The summed E-state index contributed by atoms with van der Waals surface area (Å²) in [4.78, 5) is 12.0. The second-order valence-corrected chi connectivity index (χ2v) is 17.9. The van der Waals surface area contributed by atoms with E-state index in [1.807, 2.05) is 6.92 Å². The molecule has 6 heteroatoms. The molecule has 1 saturated heterocycles. The van der Waals surface area contributed by atoms with Crippen LogP contribution in [0.1, 0.15) is 126 Å². The van der Waals surface area contributed by atoms with Crippen LogP contribution in [0.4, 0.5) is 0 Å². The summed E-state index contributed by atoms with van der Waals surface area (Å²) >= 11 is 0. The molecule has 6 aliphatic rings. The van der Waals surface area contributed by atoms with E-state index in [-0.39, 0.29) is 39.1 Å². The molecule has 5 saturated carbocycles. The number of aliphatic hydroxyl groups is 2. The van der Waals surface area contributed by atoms with Gasteiger partial charge in [-0.3, -0.25) is 4.79 Å². The molecule has 6 fully saturated rings. The Balaban J connectivity index is 1.29. The molecule has 0 aromatic rings. The van der Waals surface area contributed by atoms with Crippen LogP contribution in [0.15, 0.2) is 12.2 Å². The highest BCUT2D eigenvalue weighted by Crippen LogP contribution is 2.77. The third kappa shape index (κ3) is 4.72. The number of aliphatic hydroxyl groups excluding tert-OH is 2. The summed E-state index contributed by atoms with van der Waals surface area (Å²) in [5.74, 6) is 2.76. The first-order valence-corrected chi connectivity index (χ1v) is 18.0. The van der Waals surface area contributed by atoms with Gasteiger partial charge in [-0.15, -0.1) is 0 Å². The first-order valence-electron chi connectivity index (χ1n) is 18.0. The number of hydrogen-bond acceptors (Lipinski definition) is 6. The smallest absolute Gasteiger partial charge is 0.302 e. The number of hydrogen-bond donors (Lipinski definition) is 2. The molecule has 6 rings (SSSR count). The van der Waals surface area contributed by atoms with Crippen LogP contribution < -0.4 is 0 Å². The zero-order chi connectivity index (χ0) is 32.0. The van der Waals surface area contributed by atoms with Gasteiger partial charge in [0.25, 0.3) is 0 Å². The van der Waals surface area contributed by atoms with Crippen LogP contribution in [0.2, 0.25) is 0 Å². The van der Waals surface area contributed by atoms with Crippen molar-refractivity contribution in [2.24, 2.45) is 56.7 Å². The molecule has 0 amide bonds. The van der Waals surface area contributed by atoms with Crippen LogP contribution in [0, 0.1) is 56.7 Å². The third-order valence-corrected chi connectivity index (χ3v) is 15.7. The molecule has 6 nitrogen and oxygen atoms in total. The van der Waals surface area contributed by atoms with Gasteiger partial charge in [-0.1, -0.05) is 46.8 Å². The van der Waals surface area contributed by atoms with Crippen molar-refractivity contribution in [1.82, 2.24) is 0 Å². The quantitative estimate of drug-likeness (QED) is 0.247. The molecule has 250 valence electrons. The molecule has 1 aliphatic heterocycles. The molecule has 0 aromatic heterocycles. The SMILES string of the molecule is C=C(C)[C@@H]1CC[C@]2(CO[C@@H]3C[C@@H](O)O[C@@H](C)[C@H]3O)CC[C@]3(C)[C@H](CC[C@@H]4[C@@]5(C)CCC(OC(C)=O)C(C)(C)[C@@H]5CC[C@]43C)[C@@H]12. The summed E-state index contributed by atoms with van der Waals surface area (Å²) < 4.78 is 18.1. The summed E-state index contributed by atoms with van der Waals surface area (Å²) in [6.45, 7) is 23.5. The minimum atomic E-state index is -0.881. The maximum atomic E-state index is 12.0. The van der Waals surface area contributed by atoms with Crippen molar-refractivity contribution < 1.29 is 29.2 Å². The third-order valence-electron chi connectivity index (χ3n) is 15.7. The Kier molecular flexibility index (Phi) is 8.29. The molecule has 0 spiro atoms. The molecule has 0 aromatic carbocycles. The van der Waals surface area contributed by atoms with Gasteiger partial charge >= 0.3 is 5.97 Å². The van der Waals surface area contributed by atoms with Crippen molar-refractivity contribution >= 4 is 5.97 Å². The largest absolute Gasteiger partial charge is 0.462 e. The normalized spacial score (nSPS) is 53.0. The Bertz CT molecular complexity index is 1130. The van der Waals surface area contributed by atoms with E-state index in [1.165, 1.54) is 44.1 Å². The predicted octanol–water partition coefficient (Wildman–Crippen LogP) is 7.45. The molecule has 14 atom stereocenters. The maximum Gasteiger partial charge on any atom is 0.302 e. The standard InChI is InChI=1S/C38H62O6/c1-22(2)25-12-17-38(21-42-27-20-31(40)43-23(3)33(27)41)19-18-36(8)26(32(25)38)10-11-29-35(7)15-14-30(44-24(4)39)34(5,6)28(35)13-16-37(29,36)9/h23,25-33,40-41H,1,10-21H2,2-9H3/t23-,25-,26+,27+,28-,29+,30?,31-,32+,33+,35-,36+,37+,38+/m0/s1. The zero-order valence-corrected chi connectivity index (χ0v) is 29.0. The number of carbonyl (C=O) groups excluding carboxylic acids is 1. The van der Waals surface area contributed by atoms with Gasteiger partial charge < -0.3 is 24.4 Å². The van der Waals surface area contributed by atoms with Crippen LogP contribution in [0.25, 0.3) is 0 Å². The van der Waals surface area contributed by atoms with Gasteiger partial charge in [0.1, 0.15) is 12.2 Å². The molecule has 2 N–H and O–H groups in total. The lowest BCUT2D eigenvalue weighted by Crippen LogP contribution is -2.67. The van der Waals surface area contributed by atoms with Crippen molar-refractivity contribution in [3.63, 3.8) is 0 Å². The summed E-state index contributed by atoms with van der Waals surface area (Å²) in [6, 6.07) is 0. The average molecular weight is 615 g/mol. The fourth-order valence-corrected chi connectivity index (χ4v) is 13.4. The van der Waals surface area contributed by atoms with E-state index < -0.39 is 24.6 Å². The van der Waals surface area contributed by atoms with Crippen molar-refractivity contribution in [2.45, 2.75) is 157 Å². The average Bonchev–Trinajstić information content (AvgIpc) is 3.32. The van der Waals surface area contributed by atoms with E-state index in [4.69, 9.17) is 14.2 Å². The Morgan fingerprint density at radius 3 is 2.30 bits per heavy atom. The minimum absolute atomic E-state index is 0.0119. The highest BCUT2D eigenvalue weighted by molar-refractivity contribution is 5.66. The van der Waals surface area contributed by atoms with Crippen LogP contribution in [0.3, 0.4) is 0 Å². The Hall–Kier alpha value is -0.950. The number of esters is 1. The second-order valence-electron chi connectivity index (χ2n) is 17.9. The summed E-state index contributed by atoms with van der Waals surface area (Å²) in [5, 5.41) is 21.1. The molecular formula is C38H62O6. The van der Waals surface area contributed by atoms with E-state index in [0.717, 1.165) is 25.7 Å². The van der Waals surface area contributed by atoms with Crippen molar-refractivity contribution in [2.75, 3.05) is 6.61 Å². The lowest BCUT2D eigenvalue weighted by molar-refractivity contribution is -0.261. The van der Waals surface area contributed by atoms with Crippen molar-refractivity contribution in [1.29, 1.82) is 0 Å². The molecule has 44 heavy (non-hydrogen) atoms. The molecule has 5 aliphatic carbocycles. The Morgan fingerprint density at radius 2 is 1.61 bits per heavy atom. The Morgan fingerprint density at radius 1 is 0.886 bits per heavy atom. The van der Waals surface area contributed by atoms with Gasteiger partial charge in [-0.05, 0) is 129 Å². The van der Waals surface area contributed by atoms with Gasteiger partial charge in [0.15, 0.2) is 6.29 Å². The van der Waals surface area contributed by atoms with Crippen LogP contribution in [-0.4, -0.2) is 53.5 Å². The molecule has 0 bridgehead atoms. The summed E-state index contributed by atoms with van der Waals surface area (Å²) in [7, 11) is 0. The van der Waals surface area contributed by atoms with E-state index in [2.05, 4.69) is 48.1 Å². The van der Waals surface area contributed by atoms with Crippen LogP contribution in [0.5, 0.6) is 0 Å². The molecule has 1 heterocycles. The van der Waals surface area contributed by atoms with E-state index in [0.29, 0.717) is 42.6 Å². The topological polar surface area (TPSA) is 85.2 Å². The van der Waals surface area contributed by atoms with Gasteiger partial charge in [0, 0.05) is 18.8 Å². The lowest BCUT2D eigenvalue weighted by atomic mass is 9.32. The van der Waals surface area contributed by atoms with E-state index in [9.17, 15) is 15.0 Å². The van der Waals surface area contributed by atoms with Gasteiger partial charge in [0.2, 0.25) is 0 Å². The first kappa shape index (κ1) is 33.0. The number of rotatable bonds is 5. The van der Waals surface area contributed by atoms with Crippen LogP contribution in [-0.2, 0) is 19.0 Å². The molecular weight excluding hydrogens is 552 g/mol. The van der Waals surface area contributed by atoms with Gasteiger partial charge in [-0.2, -0.15) is 0 Å². The van der Waals surface area contributed by atoms with Gasteiger partial charge in [-0.25, -0.2) is 0 Å². The summed E-state index contributed by atoms with van der Waals surface area (Å²) in [6.07, 6.45) is 9.75. The van der Waals surface area contributed by atoms with Crippen LogP contribution >= 0.6 is 0 Å². The zero-order valence-electron chi connectivity index (χ0n) is 29.0. The Labute approximate surface area is 267 Å². The highest BCUT2D eigenvalue weighted by atomic mass is 16.6.